The highest BCUT2D eigenvalue weighted by molar-refractivity contribution is 5.12. The number of ether oxygens (including phenoxy) is 1. The van der Waals surface area contributed by atoms with Gasteiger partial charge >= 0.3 is 0 Å². The minimum atomic E-state index is 0.571. The van der Waals surface area contributed by atoms with Crippen LogP contribution in [-0.4, -0.2) is 29.9 Å². The molecule has 0 aliphatic carbocycles. The predicted molar refractivity (Wildman–Crippen MR) is 57.9 cm³/mol. The van der Waals surface area contributed by atoms with Crippen LogP contribution in [0.1, 0.15) is 25.0 Å². The van der Waals surface area contributed by atoms with Crippen molar-refractivity contribution in [2.24, 2.45) is 0 Å². The first-order chi connectivity index (χ1) is 7.38. The SMILES string of the molecule is COc1ccc(CC2CCCCN2)nn1. The average Bonchev–Trinajstić information content (AvgIpc) is 2.31. The van der Waals surface area contributed by atoms with Crippen LogP contribution in [0.5, 0.6) is 5.88 Å². The molecule has 1 saturated heterocycles. The Hall–Kier alpha value is -1.16. The van der Waals surface area contributed by atoms with Crippen molar-refractivity contribution >= 4 is 0 Å². The summed E-state index contributed by atoms with van der Waals surface area (Å²) in [6.07, 6.45) is 4.83. The molecule has 2 rings (SSSR count). The lowest BCUT2D eigenvalue weighted by molar-refractivity contribution is 0.383. The van der Waals surface area contributed by atoms with Crippen molar-refractivity contribution in [3.05, 3.63) is 17.8 Å². The summed E-state index contributed by atoms with van der Waals surface area (Å²) in [6.45, 7) is 1.13. The molecule has 1 N–H and O–H groups in total. The quantitative estimate of drug-likeness (QED) is 0.808. The van der Waals surface area contributed by atoms with Crippen LogP contribution in [0, 0.1) is 0 Å². The second-order valence-corrected chi connectivity index (χ2v) is 3.92. The number of nitrogens with zero attached hydrogens (tertiary/aromatic N) is 2. The molecule has 15 heavy (non-hydrogen) atoms. The topological polar surface area (TPSA) is 47.0 Å². The summed E-state index contributed by atoms with van der Waals surface area (Å²) in [7, 11) is 1.60. The molecule has 4 nitrogen and oxygen atoms in total. The van der Waals surface area contributed by atoms with Gasteiger partial charge in [-0.25, -0.2) is 0 Å². The largest absolute Gasteiger partial charge is 0.480 e. The number of hydrogen-bond donors (Lipinski definition) is 1. The van der Waals surface area contributed by atoms with Crippen LogP contribution >= 0.6 is 0 Å². The van der Waals surface area contributed by atoms with E-state index in [0.29, 0.717) is 11.9 Å². The molecule has 0 bridgehead atoms. The normalized spacial score (nSPS) is 21.3. The van der Waals surface area contributed by atoms with Gasteiger partial charge in [0.05, 0.1) is 12.8 Å². The van der Waals surface area contributed by atoms with Gasteiger partial charge in [-0.3, -0.25) is 0 Å². The summed E-state index contributed by atoms with van der Waals surface area (Å²) in [5.41, 5.74) is 1.04. The molecule has 1 aromatic rings. The molecule has 82 valence electrons. The molecule has 0 spiro atoms. The van der Waals surface area contributed by atoms with E-state index in [1.165, 1.54) is 19.3 Å². The Morgan fingerprint density at radius 1 is 1.40 bits per heavy atom. The summed E-state index contributed by atoms with van der Waals surface area (Å²) < 4.78 is 4.97. The van der Waals surface area contributed by atoms with Crippen LogP contribution in [0.3, 0.4) is 0 Å². The van der Waals surface area contributed by atoms with E-state index in [4.69, 9.17) is 4.74 Å². The van der Waals surface area contributed by atoms with Gasteiger partial charge in [0.2, 0.25) is 5.88 Å². The first-order valence-corrected chi connectivity index (χ1v) is 5.48. The Bertz CT molecular complexity index is 293. The van der Waals surface area contributed by atoms with E-state index in [1.54, 1.807) is 7.11 Å². The van der Waals surface area contributed by atoms with Crippen LogP contribution in [0.25, 0.3) is 0 Å². The van der Waals surface area contributed by atoms with E-state index in [-0.39, 0.29) is 0 Å². The molecule has 1 aliphatic rings. The standard InChI is InChI=1S/C11H17N3O/c1-15-11-6-5-10(13-14-11)8-9-4-2-3-7-12-9/h5-6,9,12H,2-4,7-8H2,1H3. The summed E-state index contributed by atoms with van der Waals surface area (Å²) >= 11 is 0. The Morgan fingerprint density at radius 3 is 2.93 bits per heavy atom. The molecule has 0 amide bonds. The van der Waals surface area contributed by atoms with Crippen LogP contribution in [0.15, 0.2) is 12.1 Å². The first kappa shape index (κ1) is 10.4. The molecule has 1 aromatic heterocycles. The number of rotatable bonds is 3. The Labute approximate surface area is 90.1 Å². The van der Waals surface area contributed by atoms with E-state index in [1.807, 2.05) is 12.1 Å². The van der Waals surface area contributed by atoms with Crippen LogP contribution < -0.4 is 10.1 Å². The molecular weight excluding hydrogens is 190 g/mol. The molecule has 1 atom stereocenters. The summed E-state index contributed by atoms with van der Waals surface area (Å²) in [5, 5.41) is 11.6. The third-order valence-corrected chi connectivity index (χ3v) is 2.77. The van der Waals surface area contributed by atoms with Gasteiger partial charge in [0.25, 0.3) is 0 Å². The van der Waals surface area contributed by atoms with Gasteiger partial charge in [-0.15, -0.1) is 5.10 Å². The molecular formula is C11H17N3O. The summed E-state index contributed by atoms with van der Waals surface area (Å²) in [4.78, 5) is 0. The summed E-state index contributed by atoms with van der Waals surface area (Å²) in [6, 6.07) is 4.43. The lowest BCUT2D eigenvalue weighted by Gasteiger charge is -2.22. The van der Waals surface area contributed by atoms with Crippen LogP contribution in [-0.2, 0) is 6.42 Å². The lowest BCUT2D eigenvalue weighted by atomic mass is 10.0. The summed E-state index contributed by atoms with van der Waals surface area (Å²) in [5.74, 6) is 0.579. The number of nitrogens with one attached hydrogen (secondary N) is 1. The van der Waals surface area contributed by atoms with Crippen molar-refractivity contribution in [2.75, 3.05) is 13.7 Å². The van der Waals surface area contributed by atoms with Gasteiger partial charge in [0.15, 0.2) is 0 Å². The fourth-order valence-electron chi connectivity index (χ4n) is 1.92. The zero-order valence-corrected chi connectivity index (χ0v) is 9.07. The maximum Gasteiger partial charge on any atom is 0.233 e. The van der Waals surface area contributed by atoms with Crippen LogP contribution in [0.2, 0.25) is 0 Å². The Morgan fingerprint density at radius 2 is 2.33 bits per heavy atom. The lowest BCUT2D eigenvalue weighted by Crippen LogP contribution is -2.35. The fourth-order valence-corrected chi connectivity index (χ4v) is 1.92. The Balaban J connectivity index is 1.91. The number of piperidine rings is 1. The van der Waals surface area contributed by atoms with Crippen molar-refractivity contribution in [1.29, 1.82) is 0 Å². The van der Waals surface area contributed by atoms with Crippen molar-refractivity contribution in [1.82, 2.24) is 15.5 Å². The highest BCUT2D eigenvalue weighted by Crippen LogP contribution is 2.12. The molecule has 0 radical (unpaired) electrons. The molecule has 1 aliphatic heterocycles. The van der Waals surface area contributed by atoms with Crippen molar-refractivity contribution in [3.63, 3.8) is 0 Å². The van der Waals surface area contributed by atoms with E-state index >= 15 is 0 Å². The average molecular weight is 207 g/mol. The third kappa shape index (κ3) is 2.89. The van der Waals surface area contributed by atoms with E-state index in [2.05, 4.69) is 15.5 Å². The Kier molecular flexibility index (Phi) is 3.50. The fraction of sp³-hybridized carbons (Fsp3) is 0.636. The van der Waals surface area contributed by atoms with Crippen molar-refractivity contribution < 1.29 is 4.74 Å². The minimum absolute atomic E-state index is 0.571. The second kappa shape index (κ2) is 5.07. The molecule has 0 saturated carbocycles. The monoisotopic (exact) mass is 207 g/mol. The van der Waals surface area contributed by atoms with E-state index < -0.39 is 0 Å². The van der Waals surface area contributed by atoms with Gasteiger partial charge in [-0.05, 0) is 25.5 Å². The van der Waals surface area contributed by atoms with E-state index in [0.717, 1.165) is 18.7 Å². The van der Waals surface area contributed by atoms with E-state index in [9.17, 15) is 0 Å². The number of hydrogen-bond acceptors (Lipinski definition) is 4. The minimum Gasteiger partial charge on any atom is -0.480 e. The second-order valence-electron chi connectivity index (χ2n) is 3.92. The van der Waals surface area contributed by atoms with Gasteiger partial charge in [-0.2, -0.15) is 5.10 Å². The number of aromatic nitrogens is 2. The maximum absolute atomic E-state index is 4.97. The predicted octanol–water partition coefficient (Wildman–Crippen LogP) is 1.17. The van der Waals surface area contributed by atoms with Crippen LogP contribution in [0.4, 0.5) is 0 Å². The van der Waals surface area contributed by atoms with Gasteiger partial charge in [0.1, 0.15) is 0 Å². The molecule has 4 heteroatoms. The number of methoxy groups -OCH3 is 1. The molecule has 2 heterocycles. The molecule has 1 unspecified atom stereocenters. The smallest absolute Gasteiger partial charge is 0.233 e. The zero-order chi connectivity index (χ0) is 10.5. The highest BCUT2D eigenvalue weighted by atomic mass is 16.5. The molecule has 1 fully saturated rings. The van der Waals surface area contributed by atoms with Crippen molar-refractivity contribution in [2.45, 2.75) is 31.7 Å². The van der Waals surface area contributed by atoms with Gasteiger partial charge < -0.3 is 10.1 Å². The zero-order valence-electron chi connectivity index (χ0n) is 9.07. The molecule has 0 aromatic carbocycles. The first-order valence-electron chi connectivity index (χ1n) is 5.48. The highest BCUT2D eigenvalue weighted by Gasteiger charge is 2.13. The van der Waals surface area contributed by atoms with Crippen molar-refractivity contribution in [3.8, 4) is 5.88 Å². The third-order valence-electron chi connectivity index (χ3n) is 2.77. The van der Waals surface area contributed by atoms with Gasteiger partial charge in [-0.1, -0.05) is 6.42 Å². The maximum atomic E-state index is 4.97. The van der Waals surface area contributed by atoms with Gasteiger partial charge in [0, 0.05) is 18.5 Å².